The summed E-state index contributed by atoms with van der Waals surface area (Å²) >= 11 is 5.74. The first-order valence-corrected chi connectivity index (χ1v) is 7.09. The number of aromatic nitrogens is 2. The van der Waals surface area contributed by atoms with Gasteiger partial charge in [0.1, 0.15) is 5.82 Å². The average molecular weight is 296 g/mol. The van der Waals surface area contributed by atoms with E-state index in [1.807, 2.05) is 12.3 Å². The zero-order valence-electron chi connectivity index (χ0n) is 11.7. The van der Waals surface area contributed by atoms with E-state index in [4.69, 9.17) is 11.6 Å². The Bertz CT molecular complexity index is 566. The lowest BCUT2D eigenvalue weighted by molar-refractivity contribution is 0.540. The van der Waals surface area contributed by atoms with Crippen LogP contribution in [0.4, 0.5) is 4.39 Å². The van der Waals surface area contributed by atoms with Crippen molar-refractivity contribution in [1.82, 2.24) is 15.1 Å². The molecule has 1 heterocycles. The van der Waals surface area contributed by atoms with Gasteiger partial charge in [-0.3, -0.25) is 4.68 Å². The van der Waals surface area contributed by atoms with Gasteiger partial charge in [-0.2, -0.15) is 5.10 Å². The number of hydrogen-bond donors (Lipinski definition) is 1. The highest BCUT2D eigenvalue weighted by Crippen LogP contribution is 2.15. The second kappa shape index (κ2) is 6.86. The minimum absolute atomic E-state index is 0.299. The molecule has 0 aliphatic rings. The van der Waals surface area contributed by atoms with Crippen molar-refractivity contribution in [2.45, 2.75) is 26.9 Å². The van der Waals surface area contributed by atoms with Crippen LogP contribution in [0.3, 0.4) is 0 Å². The second-order valence-electron chi connectivity index (χ2n) is 5.27. The first-order valence-electron chi connectivity index (χ1n) is 6.71. The third kappa shape index (κ3) is 4.32. The first-order chi connectivity index (χ1) is 9.54. The SMILES string of the molecule is CC(C)CNCc1ccn(Cc2ccc(Cl)cc2F)n1. The van der Waals surface area contributed by atoms with Crippen LogP contribution >= 0.6 is 11.6 Å². The Morgan fingerprint density at radius 1 is 1.35 bits per heavy atom. The summed E-state index contributed by atoms with van der Waals surface area (Å²) in [7, 11) is 0. The van der Waals surface area contributed by atoms with Gasteiger partial charge in [0.2, 0.25) is 0 Å². The zero-order chi connectivity index (χ0) is 14.5. The smallest absolute Gasteiger partial charge is 0.129 e. The summed E-state index contributed by atoms with van der Waals surface area (Å²) in [6.07, 6.45) is 1.86. The van der Waals surface area contributed by atoms with E-state index in [2.05, 4.69) is 24.3 Å². The summed E-state index contributed by atoms with van der Waals surface area (Å²) < 4.78 is 15.4. The fourth-order valence-electron chi connectivity index (χ4n) is 1.90. The van der Waals surface area contributed by atoms with Gasteiger partial charge in [-0.15, -0.1) is 0 Å². The fourth-order valence-corrected chi connectivity index (χ4v) is 2.06. The summed E-state index contributed by atoms with van der Waals surface area (Å²) in [5.41, 5.74) is 1.54. The molecule has 0 fully saturated rings. The molecule has 2 rings (SSSR count). The highest BCUT2D eigenvalue weighted by atomic mass is 35.5. The number of benzene rings is 1. The minimum atomic E-state index is -0.299. The molecule has 1 aromatic carbocycles. The lowest BCUT2D eigenvalue weighted by atomic mass is 10.2. The minimum Gasteiger partial charge on any atom is -0.311 e. The summed E-state index contributed by atoms with van der Waals surface area (Å²) in [6, 6.07) is 6.65. The molecule has 108 valence electrons. The van der Waals surface area contributed by atoms with Crippen molar-refractivity contribution in [3.63, 3.8) is 0 Å². The zero-order valence-corrected chi connectivity index (χ0v) is 12.5. The average Bonchev–Trinajstić information content (AvgIpc) is 2.80. The standard InChI is InChI=1S/C15H19ClFN3/c1-11(2)8-18-9-14-5-6-20(19-14)10-12-3-4-13(16)7-15(12)17/h3-7,11,18H,8-10H2,1-2H3. The van der Waals surface area contributed by atoms with Gasteiger partial charge in [0, 0.05) is 23.3 Å². The van der Waals surface area contributed by atoms with E-state index in [0.29, 0.717) is 23.0 Å². The summed E-state index contributed by atoms with van der Waals surface area (Å²) in [6.45, 7) is 6.42. The van der Waals surface area contributed by atoms with E-state index in [1.165, 1.54) is 6.07 Å². The van der Waals surface area contributed by atoms with Crippen LogP contribution in [0.25, 0.3) is 0 Å². The Morgan fingerprint density at radius 3 is 2.85 bits per heavy atom. The molecule has 5 heteroatoms. The van der Waals surface area contributed by atoms with Crippen molar-refractivity contribution in [3.8, 4) is 0 Å². The van der Waals surface area contributed by atoms with Crippen molar-refractivity contribution in [2.75, 3.05) is 6.54 Å². The molecule has 0 spiro atoms. The van der Waals surface area contributed by atoms with E-state index in [-0.39, 0.29) is 5.82 Å². The van der Waals surface area contributed by atoms with Crippen LogP contribution in [0, 0.1) is 11.7 Å². The molecule has 0 aliphatic carbocycles. The molecule has 1 N–H and O–H groups in total. The van der Waals surface area contributed by atoms with Crippen LogP contribution in [-0.2, 0) is 13.1 Å². The van der Waals surface area contributed by atoms with Crippen molar-refractivity contribution < 1.29 is 4.39 Å². The van der Waals surface area contributed by atoms with Crippen LogP contribution in [0.1, 0.15) is 25.1 Å². The van der Waals surface area contributed by atoms with Crippen LogP contribution in [-0.4, -0.2) is 16.3 Å². The monoisotopic (exact) mass is 295 g/mol. The van der Waals surface area contributed by atoms with Gasteiger partial charge in [0.05, 0.1) is 12.2 Å². The third-order valence-electron chi connectivity index (χ3n) is 2.90. The molecule has 0 unspecified atom stereocenters. The van der Waals surface area contributed by atoms with Gasteiger partial charge >= 0.3 is 0 Å². The molecule has 0 aliphatic heterocycles. The Hall–Kier alpha value is -1.39. The van der Waals surface area contributed by atoms with Gasteiger partial charge in [-0.05, 0) is 30.7 Å². The highest BCUT2D eigenvalue weighted by Gasteiger charge is 2.05. The summed E-state index contributed by atoms with van der Waals surface area (Å²) in [5, 5.41) is 8.16. The first kappa shape index (κ1) is 15.0. The maximum absolute atomic E-state index is 13.7. The van der Waals surface area contributed by atoms with E-state index in [9.17, 15) is 4.39 Å². The third-order valence-corrected chi connectivity index (χ3v) is 3.14. The van der Waals surface area contributed by atoms with Crippen LogP contribution < -0.4 is 5.32 Å². The molecule has 0 atom stereocenters. The van der Waals surface area contributed by atoms with E-state index in [1.54, 1.807) is 16.8 Å². The molecule has 2 aromatic rings. The van der Waals surface area contributed by atoms with Crippen molar-refractivity contribution in [3.05, 3.63) is 52.6 Å². The maximum Gasteiger partial charge on any atom is 0.129 e. The fraction of sp³-hybridized carbons (Fsp3) is 0.400. The Balaban J connectivity index is 1.95. The Kier molecular flexibility index (Phi) is 5.15. The number of rotatable bonds is 6. The molecule has 20 heavy (non-hydrogen) atoms. The van der Waals surface area contributed by atoms with Gasteiger partial charge in [-0.25, -0.2) is 4.39 Å². The molecule has 0 bridgehead atoms. The van der Waals surface area contributed by atoms with Crippen LogP contribution in [0.5, 0.6) is 0 Å². The van der Waals surface area contributed by atoms with Crippen molar-refractivity contribution in [1.29, 1.82) is 0 Å². The van der Waals surface area contributed by atoms with Crippen LogP contribution in [0.2, 0.25) is 5.02 Å². The van der Waals surface area contributed by atoms with E-state index >= 15 is 0 Å². The molecule has 1 aromatic heterocycles. The highest BCUT2D eigenvalue weighted by molar-refractivity contribution is 6.30. The largest absolute Gasteiger partial charge is 0.311 e. The molecule has 0 radical (unpaired) electrons. The van der Waals surface area contributed by atoms with Gasteiger partial charge in [0.15, 0.2) is 0 Å². The predicted octanol–water partition coefficient (Wildman–Crippen LogP) is 3.47. The second-order valence-corrected chi connectivity index (χ2v) is 5.70. The Labute approximate surface area is 123 Å². The van der Waals surface area contributed by atoms with Gasteiger partial charge in [-0.1, -0.05) is 31.5 Å². The number of nitrogens with one attached hydrogen (secondary N) is 1. The maximum atomic E-state index is 13.7. The normalized spacial score (nSPS) is 11.2. The lowest BCUT2D eigenvalue weighted by Crippen LogP contribution is -2.19. The van der Waals surface area contributed by atoms with Gasteiger partial charge in [0.25, 0.3) is 0 Å². The van der Waals surface area contributed by atoms with Crippen molar-refractivity contribution in [2.24, 2.45) is 5.92 Å². The van der Waals surface area contributed by atoms with Gasteiger partial charge < -0.3 is 5.32 Å². The van der Waals surface area contributed by atoms with E-state index < -0.39 is 0 Å². The number of hydrogen-bond acceptors (Lipinski definition) is 2. The summed E-state index contributed by atoms with van der Waals surface area (Å²) in [5.74, 6) is 0.313. The molecule has 0 amide bonds. The van der Waals surface area contributed by atoms with E-state index in [0.717, 1.165) is 18.8 Å². The van der Waals surface area contributed by atoms with Crippen LogP contribution in [0.15, 0.2) is 30.5 Å². The number of nitrogens with zero attached hydrogens (tertiary/aromatic N) is 2. The predicted molar refractivity (Wildman–Crippen MR) is 79.3 cm³/mol. The molecule has 0 saturated carbocycles. The topological polar surface area (TPSA) is 29.9 Å². The lowest BCUT2D eigenvalue weighted by Gasteiger charge is -2.06. The Morgan fingerprint density at radius 2 is 2.15 bits per heavy atom. The quantitative estimate of drug-likeness (QED) is 0.884. The molecular weight excluding hydrogens is 277 g/mol. The summed E-state index contributed by atoms with van der Waals surface area (Å²) in [4.78, 5) is 0. The molecule has 3 nitrogen and oxygen atoms in total. The van der Waals surface area contributed by atoms with Crippen molar-refractivity contribution >= 4 is 11.6 Å². The molecule has 0 saturated heterocycles. The molecular formula is C15H19ClFN3. The number of halogens is 2.